The van der Waals surface area contributed by atoms with Crippen LogP contribution in [0.25, 0.3) is 11.1 Å². The smallest absolute Gasteiger partial charge is 0.355 e. The average molecular weight is 367 g/mol. The van der Waals surface area contributed by atoms with Crippen LogP contribution in [0.1, 0.15) is 67.8 Å². The number of rotatable bonds is 8. The van der Waals surface area contributed by atoms with Crippen molar-refractivity contribution in [1.29, 1.82) is 5.26 Å². The molecule has 0 spiro atoms. The fourth-order valence-corrected chi connectivity index (χ4v) is 3.71. The topological polar surface area (TPSA) is 55.0 Å². The van der Waals surface area contributed by atoms with Crippen LogP contribution in [0.3, 0.4) is 0 Å². The number of aromatic nitrogens is 1. The van der Waals surface area contributed by atoms with Crippen LogP contribution in [0.2, 0.25) is 0 Å². The Morgan fingerprint density at radius 1 is 1.15 bits per heavy atom. The first-order chi connectivity index (χ1) is 13.0. The van der Waals surface area contributed by atoms with E-state index >= 15 is 0 Å². The molecule has 0 N–H and O–H groups in total. The van der Waals surface area contributed by atoms with Gasteiger partial charge in [0.15, 0.2) is 0 Å². The van der Waals surface area contributed by atoms with Gasteiger partial charge in [-0.25, -0.2) is 4.79 Å². The number of esters is 1. The van der Waals surface area contributed by atoms with E-state index in [9.17, 15) is 10.1 Å². The predicted molar refractivity (Wildman–Crippen MR) is 109 cm³/mol. The number of hydrogen-bond acceptors (Lipinski definition) is 3. The minimum atomic E-state index is -0.382. The third kappa shape index (κ3) is 4.24. The van der Waals surface area contributed by atoms with Crippen molar-refractivity contribution in [3.05, 3.63) is 46.8 Å². The molecule has 0 saturated carbocycles. The maximum atomic E-state index is 12.6. The standard InChI is InChI=1S/C23H30N2O2/c1-6-16(7-2)14-17-10-12-18(13-11-17)21-19(15-24)20(8-3)25(5)22(21)23(26)27-9-4/h10-13,16H,6-9,14H2,1-5H3. The molecule has 2 rings (SSSR count). The van der Waals surface area contributed by atoms with E-state index in [1.54, 1.807) is 6.92 Å². The normalized spacial score (nSPS) is 10.9. The van der Waals surface area contributed by atoms with Crippen LogP contribution in [0, 0.1) is 17.2 Å². The lowest BCUT2D eigenvalue weighted by molar-refractivity contribution is 0.0516. The van der Waals surface area contributed by atoms with E-state index in [-0.39, 0.29) is 5.97 Å². The maximum Gasteiger partial charge on any atom is 0.355 e. The Morgan fingerprint density at radius 2 is 1.78 bits per heavy atom. The van der Waals surface area contributed by atoms with Crippen LogP contribution >= 0.6 is 0 Å². The Bertz CT molecular complexity index is 822. The number of ether oxygens (including phenoxy) is 1. The van der Waals surface area contributed by atoms with E-state index in [2.05, 4.69) is 32.0 Å². The predicted octanol–water partition coefficient (Wildman–Crippen LogP) is 5.28. The van der Waals surface area contributed by atoms with Crippen LogP contribution in [0.15, 0.2) is 24.3 Å². The number of carbonyl (C=O) groups is 1. The molecule has 4 nitrogen and oxygen atoms in total. The number of nitriles is 1. The van der Waals surface area contributed by atoms with Crippen LogP contribution in [-0.2, 0) is 24.6 Å². The SMILES string of the molecule is CCOC(=O)c1c(-c2ccc(CC(CC)CC)cc2)c(C#N)c(CC)n1C. The highest BCUT2D eigenvalue weighted by molar-refractivity contribution is 5.98. The summed E-state index contributed by atoms with van der Waals surface area (Å²) >= 11 is 0. The van der Waals surface area contributed by atoms with Gasteiger partial charge in [0.2, 0.25) is 0 Å². The molecule has 0 amide bonds. The van der Waals surface area contributed by atoms with Gasteiger partial charge in [0.1, 0.15) is 11.8 Å². The molecule has 0 radical (unpaired) electrons. The number of hydrogen-bond donors (Lipinski definition) is 0. The summed E-state index contributed by atoms with van der Waals surface area (Å²) in [5, 5.41) is 9.76. The fourth-order valence-electron chi connectivity index (χ4n) is 3.71. The van der Waals surface area contributed by atoms with Gasteiger partial charge in [-0.15, -0.1) is 0 Å². The molecule has 2 aromatic rings. The van der Waals surface area contributed by atoms with Gasteiger partial charge >= 0.3 is 5.97 Å². The van der Waals surface area contributed by atoms with E-state index in [1.807, 2.05) is 30.7 Å². The molecule has 0 aliphatic rings. The second-order valence-corrected chi connectivity index (χ2v) is 6.87. The largest absolute Gasteiger partial charge is 0.461 e. The van der Waals surface area contributed by atoms with E-state index in [0.29, 0.717) is 35.8 Å². The Kier molecular flexibility index (Phi) is 7.24. The minimum Gasteiger partial charge on any atom is -0.461 e. The van der Waals surface area contributed by atoms with Crippen molar-refractivity contribution in [3.8, 4) is 17.2 Å². The molecule has 27 heavy (non-hydrogen) atoms. The Balaban J connectivity index is 2.53. The van der Waals surface area contributed by atoms with E-state index in [1.165, 1.54) is 18.4 Å². The molecule has 1 aromatic heterocycles. The van der Waals surface area contributed by atoms with Gasteiger partial charge < -0.3 is 9.30 Å². The summed E-state index contributed by atoms with van der Waals surface area (Å²) in [6.07, 6.45) is 4.07. The van der Waals surface area contributed by atoms with Crippen molar-refractivity contribution in [3.63, 3.8) is 0 Å². The van der Waals surface area contributed by atoms with Crippen LogP contribution < -0.4 is 0 Å². The summed E-state index contributed by atoms with van der Waals surface area (Å²) in [6, 6.07) is 10.6. The van der Waals surface area contributed by atoms with Crippen LogP contribution in [0.4, 0.5) is 0 Å². The first-order valence-electron chi connectivity index (χ1n) is 9.90. The molecule has 4 heteroatoms. The van der Waals surface area contributed by atoms with E-state index in [0.717, 1.165) is 17.7 Å². The molecule has 0 fully saturated rings. The van der Waals surface area contributed by atoms with Gasteiger partial charge in [0.05, 0.1) is 12.2 Å². The molecule has 0 atom stereocenters. The van der Waals surface area contributed by atoms with Gasteiger partial charge in [-0.1, -0.05) is 57.9 Å². The molecule has 0 aliphatic carbocycles. The first-order valence-corrected chi connectivity index (χ1v) is 9.90. The molecule has 1 aromatic carbocycles. The van der Waals surface area contributed by atoms with Crippen LogP contribution in [-0.4, -0.2) is 17.1 Å². The second-order valence-electron chi connectivity index (χ2n) is 6.87. The summed E-state index contributed by atoms with van der Waals surface area (Å²) in [5.74, 6) is 0.302. The highest BCUT2D eigenvalue weighted by atomic mass is 16.5. The first kappa shape index (κ1) is 20.8. The molecule has 0 bridgehead atoms. The van der Waals surface area contributed by atoms with Crippen LogP contribution in [0.5, 0.6) is 0 Å². The van der Waals surface area contributed by atoms with E-state index < -0.39 is 0 Å². The molecule has 144 valence electrons. The van der Waals surface area contributed by atoms with Gasteiger partial charge in [-0.3, -0.25) is 0 Å². The zero-order chi connectivity index (χ0) is 20.0. The van der Waals surface area contributed by atoms with Crippen molar-refractivity contribution < 1.29 is 9.53 Å². The van der Waals surface area contributed by atoms with Gasteiger partial charge in [0.25, 0.3) is 0 Å². The number of nitrogens with zero attached hydrogens (tertiary/aromatic N) is 2. The van der Waals surface area contributed by atoms with Gasteiger partial charge in [-0.2, -0.15) is 5.26 Å². The molecular weight excluding hydrogens is 336 g/mol. The van der Waals surface area contributed by atoms with Crippen molar-refractivity contribution in [2.75, 3.05) is 6.61 Å². The van der Waals surface area contributed by atoms with Crippen molar-refractivity contribution in [1.82, 2.24) is 4.57 Å². The zero-order valence-electron chi connectivity index (χ0n) is 17.1. The average Bonchev–Trinajstić information content (AvgIpc) is 2.98. The minimum absolute atomic E-state index is 0.307. The van der Waals surface area contributed by atoms with Crippen molar-refractivity contribution in [2.24, 2.45) is 13.0 Å². The molecule has 0 aliphatic heterocycles. The summed E-state index contributed by atoms with van der Waals surface area (Å²) < 4.78 is 7.07. The zero-order valence-corrected chi connectivity index (χ0v) is 17.1. The summed E-state index contributed by atoms with van der Waals surface area (Å²) in [6.45, 7) is 8.54. The third-order valence-corrected chi connectivity index (χ3v) is 5.35. The number of carbonyl (C=O) groups excluding carboxylic acids is 1. The lowest BCUT2D eigenvalue weighted by Crippen LogP contribution is -2.12. The number of benzene rings is 1. The quantitative estimate of drug-likeness (QED) is 0.597. The van der Waals surface area contributed by atoms with Gasteiger partial charge in [-0.05, 0) is 36.8 Å². The third-order valence-electron chi connectivity index (χ3n) is 5.35. The molecule has 1 heterocycles. The highest BCUT2D eigenvalue weighted by Gasteiger charge is 2.26. The molecular formula is C23H30N2O2. The lowest BCUT2D eigenvalue weighted by atomic mass is 9.93. The van der Waals surface area contributed by atoms with E-state index in [4.69, 9.17) is 4.74 Å². The molecule has 0 saturated heterocycles. The Hall–Kier alpha value is -2.54. The fraction of sp³-hybridized carbons (Fsp3) is 0.478. The monoisotopic (exact) mass is 366 g/mol. The van der Waals surface area contributed by atoms with Crippen molar-refractivity contribution >= 4 is 5.97 Å². The summed E-state index contributed by atoms with van der Waals surface area (Å²) in [7, 11) is 1.83. The Morgan fingerprint density at radius 3 is 2.26 bits per heavy atom. The lowest BCUT2D eigenvalue weighted by Gasteiger charge is -2.13. The maximum absolute atomic E-state index is 12.6. The summed E-state index contributed by atoms with van der Waals surface area (Å²) in [4.78, 5) is 12.6. The summed E-state index contributed by atoms with van der Waals surface area (Å²) in [5.41, 5.74) is 4.74. The second kappa shape index (κ2) is 9.41. The van der Waals surface area contributed by atoms with Crippen molar-refractivity contribution in [2.45, 2.75) is 53.4 Å². The Labute approximate surface area is 162 Å². The van der Waals surface area contributed by atoms with Gasteiger partial charge in [0, 0.05) is 18.3 Å². The highest BCUT2D eigenvalue weighted by Crippen LogP contribution is 2.33. The molecule has 0 unspecified atom stereocenters.